The average Bonchev–Trinajstić information content (AvgIpc) is 2.96. The molecule has 106 valence electrons. The molecule has 0 spiro atoms. The topological polar surface area (TPSA) is 88.0 Å². The number of hydrogen-bond donors (Lipinski definition) is 2. The maximum atomic E-state index is 12.0. The van der Waals surface area contributed by atoms with Gasteiger partial charge in [0.15, 0.2) is 0 Å². The van der Waals surface area contributed by atoms with Gasteiger partial charge in [-0.05, 0) is 19.8 Å². The molecule has 2 aromatic heterocycles. The second-order valence-electron chi connectivity index (χ2n) is 4.37. The fraction of sp³-hybridized carbons (Fsp3) is 0.385. The maximum absolute atomic E-state index is 12.0. The lowest BCUT2D eigenvalue weighted by molar-refractivity contribution is 0.0932. The zero-order valence-electron chi connectivity index (χ0n) is 11.1. The molecule has 0 fully saturated rings. The molecule has 0 aliphatic carbocycles. The van der Waals surface area contributed by atoms with E-state index in [1.165, 1.54) is 11.3 Å². The molecule has 0 aromatic carbocycles. The first-order chi connectivity index (χ1) is 9.70. The number of amides is 1. The molecule has 1 atom stereocenters. The fourth-order valence-corrected chi connectivity index (χ4v) is 2.43. The Morgan fingerprint density at radius 3 is 3.05 bits per heavy atom. The monoisotopic (exact) mass is 292 g/mol. The number of aromatic nitrogens is 3. The van der Waals surface area contributed by atoms with Crippen molar-refractivity contribution in [2.24, 2.45) is 0 Å². The number of hydrogen-bond acceptors (Lipinski definition) is 6. The summed E-state index contributed by atoms with van der Waals surface area (Å²) in [7, 11) is 0. The summed E-state index contributed by atoms with van der Waals surface area (Å²) in [5.41, 5.74) is 1.04. The van der Waals surface area contributed by atoms with E-state index in [4.69, 9.17) is 5.11 Å². The Labute approximate surface area is 120 Å². The SMILES string of the molecule is CC(CCCO)NC(=O)c1csc(-c2cnccn2)n1. The van der Waals surface area contributed by atoms with Crippen molar-refractivity contribution in [1.29, 1.82) is 0 Å². The largest absolute Gasteiger partial charge is 0.396 e. The molecule has 0 bridgehead atoms. The number of thiazole rings is 1. The van der Waals surface area contributed by atoms with Crippen LogP contribution in [0.2, 0.25) is 0 Å². The molecule has 0 aliphatic heterocycles. The van der Waals surface area contributed by atoms with Crippen LogP contribution in [-0.4, -0.2) is 38.6 Å². The van der Waals surface area contributed by atoms with E-state index in [0.717, 1.165) is 6.42 Å². The number of aliphatic hydroxyl groups is 1. The summed E-state index contributed by atoms with van der Waals surface area (Å²) >= 11 is 1.36. The molecule has 20 heavy (non-hydrogen) atoms. The lowest BCUT2D eigenvalue weighted by atomic mass is 10.2. The van der Waals surface area contributed by atoms with Crippen molar-refractivity contribution in [3.63, 3.8) is 0 Å². The molecule has 6 nitrogen and oxygen atoms in total. The first-order valence-electron chi connectivity index (χ1n) is 6.34. The summed E-state index contributed by atoms with van der Waals surface area (Å²) in [5.74, 6) is -0.207. The number of nitrogens with one attached hydrogen (secondary N) is 1. The van der Waals surface area contributed by atoms with Crippen molar-refractivity contribution >= 4 is 17.2 Å². The van der Waals surface area contributed by atoms with E-state index >= 15 is 0 Å². The lowest BCUT2D eigenvalue weighted by Gasteiger charge is -2.11. The molecule has 2 rings (SSSR count). The van der Waals surface area contributed by atoms with Crippen LogP contribution in [-0.2, 0) is 0 Å². The summed E-state index contributed by atoms with van der Waals surface area (Å²) in [5, 5.41) is 14.0. The van der Waals surface area contributed by atoms with E-state index in [1.807, 2.05) is 6.92 Å². The van der Waals surface area contributed by atoms with Crippen molar-refractivity contribution in [2.75, 3.05) is 6.61 Å². The van der Waals surface area contributed by atoms with E-state index in [1.54, 1.807) is 24.0 Å². The van der Waals surface area contributed by atoms with Crippen LogP contribution in [0.15, 0.2) is 24.0 Å². The normalized spacial score (nSPS) is 12.1. The number of rotatable bonds is 6. The third-order valence-corrected chi connectivity index (χ3v) is 3.56. The van der Waals surface area contributed by atoms with Crippen LogP contribution in [0, 0.1) is 0 Å². The molecule has 0 radical (unpaired) electrons. The smallest absolute Gasteiger partial charge is 0.270 e. The minimum absolute atomic E-state index is 0.0105. The zero-order valence-corrected chi connectivity index (χ0v) is 11.9. The molecule has 2 aromatic rings. The zero-order chi connectivity index (χ0) is 14.4. The summed E-state index contributed by atoms with van der Waals surface area (Å²) in [6, 6.07) is 0.0105. The molecule has 2 heterocycles. The minimum Gasteiger partial charge on any atom is -0.396 e. The quantitative estimate of drug-likeness (QED) is 0.842. The second-order valence-corrected chi connectivity index (χ2v) is 5.23. The van der Waals surface area contributed by atoms with Gasteiger partial charge in [0.05, 0.1) is 6.20 Å². The highest BCUT2D eigenvalue weighted by molar-refractivity contribution is 7.13. The van der Waals surface area contributed by atoms with Crippen molar-refractivity contribution in [3.05, 3.63) is 29.7 Å². The molecule has 2 N–H and O–H groups in total. The molecule has 7 heteroatoms. The first kappa shape index (κ1) is 14.5. The Bertz CT molecular complexity index is 559. The van der Waals surface area contributed by atoms with Crippen molar-refractivity contribution in [3.8, 4) is 10.7 Å². The predicted molar refractivity (Wildman–Crippen MR) is 76.4 cm³/mol. The summed E-state index contributed by atoms with van der Waals surface area (Å²) < 4.78 is 0. The Morgan fingerprint density at radius 2 is 2.35 bits per heavy atom. The van der Waals surface area contributed by atoms with E-state index < -0.39 is 0 Å². The first-order valence-corrected chi connectivity index (χ1v) is 7.22. The Kier molecular flexibility index (Phi) is 5.14. The van der Waals surface area contributed by atoms with Crippen molar-refractivity contribution in [1.82, 2.24) is 20.3 Å². The van der Waals surface area contributed by atoms with E-state index in [-0.39, 0.29) is 18.6 Å². The molecular formula is C13H16N4O2S. The van der Waals surface area contributed by atoms with Crippen LogP contribution in [0.3, 0.4) is 0 Å². The molecule has 1 unspecified atom stereocenters. The molecule has 0 aliphatic rings. The van der Waals surface area contributed by atoms with E-state index in [2.05, 4.69) is 20.3 Å². The molecular weight excluding hydrogens is 276 g/mol. The van der Waals surface area contributed by atoms with Gasteiger partial charge < -0.3 is 10.4 Å². The Balaban J connectivity index is 2.00. The van der Waals surface area contributed by atoms with Gasteiger partial charge in [-0.3, -0.25) is 14.8 Å². The highest BCUT2D eigenvalue weighted by Gasteiger charge is 2.14. The third-order valence-electron chi connectivity index (χ3n) is 2.69. The van der Waals surface area contributed by atoms with Crippen LogP contribution in [0.25, 0.3) is 10.7 Å². The standard InChI is InChI=1S/C13H16N4O2S/c1-9(3-2-6-18)16-12(19)11-8-20-13(17-11)10-7-14-4-5-15-10/h4-5,7-9,18H,2-3,6H2,1H3,(H,16,19). The maximum Gasteiger partial charge on any atom is 0.270 e. The molecule has 0 saturated carbocycles. The van der Waals surface area contributed by atoms with Gasteiger partial charge in [-0.1, -0.05) is 0 Å². The van der Waals surface area contributed by atoms with Gasteiger partial charge in [0.2, 0.25) is 0 Å². The van der Waals surface area contributed by atoms with Crippen molar-refractivity contribution < 1.29 is 9.90 Å². The van der Waals surface area contributed by atoms with Crippen LogP contribution >= 0.6 is 11.3 Å². The summed E-state index contributed by atoms with van der Waals surface area (Å²) in [4.78, 5) is 24.4. The summed E-state index contributed by atoms with van der Waals surface area (Å²) in [6.45, 7) is 2.04. The van der Waals surface area contributed by atoms with E-state index in [0.29, 0.717) is 22.8 Å². The highest BCUT2D eigenvalue weighted by atomic mass is 32.1. The van der Waals surface area contributed by atoms with E-state index in [9.17, 15) is 4.79 Å². The number of nitrogens with zero attached hydrogens (tertiary/aromatic N) is 3. The lowest BCUT2D eigenvalue weighted by Crippen LogP contribution is -2.32. The highest BCUT2D eigenvalue weighted by Crippen LogP contribution is 2.20. The van der Waals surface area contributed by atoms with Crippen LogP contribution < -0.4 is 5.32 Å². The fourth-order valence-electron chi connectivity index (χ4n) is 1.67. The predicted octanol–water partition coefficient (Wildman–Crippen LogP) is 1.49. The van der Waals surface area contributed by atoms with Gasteiger partial charge in [0.1, 0.15) is 16.4 Å². The van der Waals surface area contributed by atoms with Gasteiger partial charge in [0.25, 0.3) is 5.91 Å². The van der Waals surface area contributed by atoms with Gasteiger partial charge in [-0.2, -0.15) is 0 Å². The van der Waals surface area contributed by atoms with Gasteiger partial charge in [-0.25, -0.2) is 4.98 Å². The Hall–Kier alpha value is -1.86. The molecule has 0 saturated heterocycles. The van der Waals surface area contributed by atoms with Crippen molar-refractivity contribution in [2.45, 2.75) is 25.8 Å². The van der Waals surface area contributed by atoms with Gasteiger partial charge >= 0.3 is 0 Å². The van der Waals surface area contributed by atoms with Crippen LogP contribution in [0.5, 0.6) is 0 Å². The number of aliphatic hydroxyl groups excluding tert-OH is 1. The molecule has 1 amide bonds. The van der Waals surface area contributed by atoms with Crippen LogP contribution in [0.1, 0.15) is 30.3 Å². The van der Waals surface area contributed by atoms with Gasteiger partial charge in [-0.15, -0.1) is 11.3 Å². The average molecular weight is 292 g/mol. The third kappa shape index (κ3) is 3.82. The van der Waals surface area contributed by atoms with Gasteiger partial charge in [0, 0.05) is 30.4 Å². The Morgan fingerprint density at radius 1 is 1.50 bits per heavy atom. The second kappa shape index (κ2) is 7.06. The summed E-state index contributed by atoms with van der Waals surface area (Å²) in [6.07, 6.45) is 6.21. The minimum atomic E-state index is -0.207. The number of carbonyl (C=O) groups is 1. The number of carbonyl (C=O) groups excluding carboxylic acids is 1. The van der Waals surface area contributed by atoms with Crippen LogP contribution in [0.4, 0.5) is 0 Å².